The highest BCUT2D eigenvalue weighted by molar-refractivity contribution is 5.74. The maximum atomic E-state index is 12.9. The van der Waals surface area contributed by atoms with E-state index in [0.717, 1.165) is 0 Å². The molecule has 2 rings (SSSR count). The van der Waals surface area contributed by atoms with Crippen LogP contribution in [0.3, 0.4) is 0 Å². The Hall–Kier alpha value is -2.30. The van der Waals surface area contributed by atoms with Gasteiger partial charge in [0.05, 0.1) is 12.1 Å². The monoisotopic (exact) mass is 246 g/mol. The zero-order valence-corrected chi connectivity index (χ0v) is 9.72. The average Bonchev–Trinajstić information content (AvgIpc) is 2.32. The number of aryl methyl sites for hydroxylation is 1. The normalized spacial score (nSPS) is 10.3. The van der Waals surface area contributed by atoms with Crippen LogP contribution in [0.2, 0.25) is 0 Å². The highest BCUT2D eigenvalue weighted by Gasteiger charge is 2.11. The summed E-state index contributed by atoms with van der Waals surface area (Å²) in [5.74, 6) is -0.751. The van der Waals surface area contributed by atoms with Crippen LogP contribution in [-0.4, -0.2) is 21.0 Å². The molecule has 1 heterocycles. The molecule has 5 heteroatoms. The topological polar surface area (TPSA) is 63.1 Å². The highest BCUT2D eigenvalue weighted by Crippen LogP contribution is 2.22. The molecule has 1 N–H and O–H groups in total. The lowest BCUT2D eigenvalue weighted by Gasteiger charge is -2.07. The number of benzene rings is 1. The summed E-state index contributed by atoms with van der Waals surface area (Å²) in [6.45, 7) is 1.72. The largest absolute Gasteiger partial charge is 0.481 e. The number of aromatic nitrogens is 2. The summed E-state index contributed by atoms with van der Waals surface area (Å²) in [5.41, 5.74) is 1.72. The first-order chi connectivity index (χ1) is 8.56. The lowest BCUT2D eigenvalue weighted by molar-refractivity contribution is -0.136. The maximum Gasteiger partial charge on any atom is 0.307 e. The second kappa shape index (κ2) is 4.91. The number of rotatable bonds is 3. The standard InChI is InChI=1S/C13H11FN2O2/c1-8-15-7-10(6-12(17)18)13(16-8)9-2-4-11(14)5-3-9/h2-5,7H,6H2,1H3,(H,17,18). The van der Waals surface area contributed by atoms with Crippen LogP contribution >= 0.6 is 0 Å². The zero-order chi connectivity index (χ0) is 13.1. The van der Waals surface area contributed by atoms with Crippen LogP contribution in [0.15, 0.2) is 30.5 Å². The van der Waals surface area contributed by atoms with Crippen molar-refractivity contribution in [1.29, 1.82) is 0 Å². The van der Waals surface area contributed by atoms with Gasteiger partial charge < -0.3 is 5.11 Å². The average molecular weight is 246 g/mol. The molecule has 4 nitrogen and oxygen atoms in total. The minimum atomic E-state index is -0.953. The first-order valence-corrected chi connectivity index (χ1v) is 5.36. The molecule has 0 radical (unpaired) electrons. The van der Waals surface area contributed by atoms with Crippen LogP contribution in [-0.2, 0) is 11.2 Å². The van der Waals surface area contributed by atoms with Crippen molar-refractivity contribution in [3.05, 3.63) is 47.7 Å². The fourth-order valence-electron chi connectivity index (χ4n) is 1.64. The molecule has 0 atom stereocenters. The van der Waals surface area contributed by atoms with Gasteiger partial charge in [-0.1, -0.05) is 0 Å². The Labute approximate surface area is 103 Å². The predicted octanol–water partition coefficient (Wildman–Crippen LogP) is 2.22. The minimum Gasteiger partial charge on any atom is -0.481 e. The van der Waals surface area contributed by atoms with Gasteiger partial charge in [-0.15, -0.1) is 0 Å². The Kier molecular flexibility index (Phi) is 3.32. The van der Waals surface area contributed by atoms with E-state index in [-0.39, 0.29) is 12.2 Å². The molecule has 2 aromatic rings. The summed E-state index contributed by atoms with van der Waals surface area (Å²) >= 11 is 0. The number of halogens is 1. The third-order valence-corrected chi connectivity index (χ3v) is 2.44. The number of carboxylic acid groups (broad SMARTS) is 1. The van der Waals surface area contributed by atoms with Crippen molar-refractivity contribution in [3.8, 4) is 11.3 Å². The molecule has 0 unspecified atom stereocenters. The molecule has 0 spiro atoms. The van der Waals surface area contributed by atoms with Gasteiger partial charge in [0.15, 0.2) is 0 Å². The van der Waals surface area contributed by atoms with Gasteiger partial charge in [0.25, 0.3) is 0 Å². The molecule has 1 aromatic carbocycles. The van der Waals surface area contributed by atoms with Gasteiger partial charge >= 0.3 is 5.97 Å². The molecular formula is C13H11FN2O2. The molecule has 18 heavy (non-hydrogen) atoms. The molecule has 92 valence electrons. The lowest BCUT2D eigenvalue weighted by atomic mass is 10.0. The van der Waals surface area contributed by atoms with Crippen molar-refractivity contribution in [2.24, 2.45) is 0 Å². The van der Waals surface area contributed by atoms with Crippen molar-refractivity contribution in [2.75, 3.05) is 0 Å². The SMILES string of the molecule is Cc1ncc(CC(=O)O)c(-c2ccc(F)cc2)n1. The molecule has 0 aliphatic heterocycles. The van der Waals surface area contributed by atoms with E-state index >= 15 is 0 Å². The van der Waals surface area contributed by atoms with E-state index in [9.17, 15) is 9.18 Å². The summed E-state index contributed by atoms with van der Waals surface area (Å²) in [4.78, 5) is 19.0. The molecule has 0 saturated carbocycles. The van der Waals surface area contributed by atoms with Crippen LogP contribution in [0.4, 0.5) is 4.39 Å². The second-order valence-corrected chi connectivity index (χ2v) is 3.87. The van der Waals surface area contributed by atoms with E-state index in [1.165, 1.54) is 18.3 Å². The molecule has 0 saturated heterocycles. The molecule has 0 amide bonds. The highest BCUT2D eigenvalue weighted by atomic mass is 19.1. The van der Waals surface area contributed by atoms with Crippen LogP contribution in [0.5, 0.6) is 0 Å². The summed E-state index contributed by atoms with van der Waals surface area (Å²) in [6.07, 6.45) is 1.34. The summed E-state index contributed by atoms with van der Waals surface area (Å²) in [5, 5.41) is 8.84. The zero-order valence-electron chi connectivity index (χ0n) is 9.72. The van der Waals surface area contributed by atoms with Gasteiger partial charge in [0.2, 0.25) is 0 Å². The maximum absolute atomic E-state index is 12.9. The number of hydrogen-bond donors (Lipinski definition) is 1. The van der Waals surface area contributed by atoms with E-state index < -0.39 is 5.97 Å². The Bertz CT molecular complexity index is 582. The lowest BCUT2D eigenvalue weighted by Crippen LogP contribution is -2.05. The smallest absolute Gasteiger partial charge is 0.307 e. The van der Waals surface area contributed by atoms with Gasteiger partial charge in [-0.3, -0.25) is 4.79 Å². The Balaban J connectivity index is 2.50. The van der Waals surface area contributed by atoms with E-state index in [4.69, 9.17) is 5.11 Å². The number of hydrogen-bond acceptors (Lipinski definition) is 3. The summed E-state index contributed by atoms with van der Waals surface area (Å²) in [6, 6.07) is 5.78. The number of nitrogens with zero attached hydrogens (tertiary/aromatic N) is 2. The molecule has 0 aliphatic rings. The second-order valence-electron chi connectivity index (χ2n) is 3.87. The minimum absolute atomic E-state index is 0.160. The Morgan fingerprint density at radius 2 is 2.00 bits per heavy atom. The van der Waals surface area contributed by atoms with Crippen LogP contribution in [0.25, 0.3) is 11.3 Å². The van der Waals surface area contributed by atoms with Crippen molar-refractivity contribution in [3.63, 3.8) is 0 Å². The third kappa shape index (κ3) is 2.68. The molecule has 0 aliphatic carbocycles. The van der Waals surface area contributed by atoms with Crippen LogP contribution in [0.1, 0.15) is 11.4 Å². The van der Waals surface area contributed by atoms with Crippen LogP contribution < -0.4 is 0 Å². The first-order valence-electron chi connectivity index (χ1n) is 5.36. The molecular weight excluding hydrogens is 235 g/mol. The van der Waals surface area contributed by atoms with Gasteiger partial charge in [-0.2, -0.15) is 0 Å². The van der Waals surface area contributed by atoms with Crippen molar-refractivity contribution < 1.29 is 14.3 Å². The fraction of sp³-hybridized carbons (Fsp3) is 0.154. The first kappa shape index (κ1) is 12.2. The van der Waals surface area contributed by atoms with Gasteiger partial charge in [0, 0.05) is 17.3 Å². The molecule has 1 aromatic heterocycles. The van der Waals surface area contributed by atoms with Crippen molar-refractivity contribution in [1.82, 2.24) is 9.97 Å². The van der Waals surface area contributed by atoms with Gasteiger partial charge in [-0.05, 0) is 31.2 Å². The van der Waals surface area contributed by atoms with E-state index in [0.29, 0.717) is 22.6 Å². The van der Waals surface area contributed by atoms with E-state index in [1.807, 2.05) is 0 Å². The number of carboxylic acids is 1. The summed E-state index contributed by atoms with van der Waals surface area (Å²) in [7, 11) is 0. The molecule has 0 bridgehead atoms. The Morgan fingerprint density at radius 1 is 1.33 bits per heavy atom. The number of carbonyl (C=O) groups is 1. The number of aliphatic carboxylic acids is 1. The van der Waals surface area contributed by atoms with Gasteiger partial charge in [0.1, 0.15) is 11.6 Å². The van der Waals surface area contributed by atoms with Crippen LogP contribution in [0, 0.1) is 12.7 Å². The quantitative estimate of drug-likeness (QED) is 0.901. The Morgan fingerprint density at radius 3 is 2.61 bits per heavy atom. The third-order valence-electron chi connectivity index (χ3n) is 2.44. The van der Waals surface area contributed by atoms with Gasteiger partial charge in [-0.25, -0.2) is 14.4 Å². The fourth-order valence-corrected chi connectivity index (χ4v) is 1.64. The molecule has 0 fully saturated rings. The summed E-state index contributed by atoms with van der Waals surface area (Å²) < 4.78 is 12.9. The van der Waals surface area contributed by atoms with Crippen molar-refractivity contribution >= 4 is 5.97 Å². The van der Waals surface area contributed by atoms with Crippen molar-refractivity contribution in [2.45, 2.75) is 13.3 Å². The van der Waals surface area contributed by atoms with E-state index in [2.05, 4.69) is 9.97 Å². The van der Waals surface area contributed by atoms with E-state index in [1.54, 1.807) is 19.1 Å². The predicted molar refractivity (Wildman–Crippen MR) is 63.5 cm³/mol.